The molecule has 0 spiro atoms. The van der Waals surface area contributed by atoms with Gasteiger partial charge in [-0.25, -0.2) is 0 Å². The Morgan fingerprint density at radius 3 is 2.78 bits per heavy atom. The Balaban J connectivity index is 2.04. The molecule has 1 saturated carbocycles. The molecule has 0 amide bonds. The maximum Gasteiger partial charge on any atom is 0.0364 e. The van der Waals surface area contributed by atoms with Crippen LogP contribution in [0.1, 0.15) is 19.3 Å². The van der Waals surface area contributed by atoms with Gasteiger partial charge in [0, 0.05) is 21.9 Å². The maximum absolute atomic E-state index is 4.33. The van der Waals surface area contributed by atoms with E-state index in [1.165, 1.54) is 22.1 Å². The van der Waals surface area contributed by atoms with Gasteiger partial charge in [-0.3, -0.25) is 4.99 Å². The molecule has 0 aromatic rings. The molecule has 0 N–H and O–H groups in total. The van der Waals surface area contributed by atoms with Crippen molar-refractivity contribution in [3.8, 4) is 0 Å². The highest BCUT2D eigenvalue weighted by atomic mass is 127. The number of hydrogen-bond donors (Lipinski definition) is 0. The van der Waals surface area contributed by atoms with Crippen molar-refractivity contribution in [1.82, 2.24) is 0 Å². The fraction of sp³-hybridized carbons (Fsp3) is 0.571. The van der Waals surface area contributed by atoms with Gasteiger partial charge in [0.25, 0.3) is 0 Å². The summed E-state index contributed by atoms with van der Waals surface area (Å²) in [6, 6.07) is 0. The smallest absolute Gasteiger partial charge is 0.0364 e. The Bertz CT molecular complexity index is 189. The van der Waals surface area contributed by atoms with Crippen LogP contribution in [0.5, 0.6) is 0 Å². The highest BCUT2D eigenvalue weighted by molar-refractivity contribution is 14.1. The second-order valence-corrected chi connectivity index (χ2v) is 4.03. The van der Waals surface area contributed by atoms with E-state index in [1.807, 2.05) is 6.20 Å². The first-order chi connectivity index (χ1) is 4.36. The van der Waals surface area contributed by atoms with E-state index < -0.39 is 0 Å². The summed E-state index contributed by atoms with van der Waals surface area (Å²) in [5, 5.41) is 0. The molecule has 2 heteroatoms. The van der Waals surface area contributed by atoms with Crippen molar-refractivity contribution in [3.63, 3.8) is 0 Å². The Kier molecular flexibility index (Phi) is 1.36. The topological polar surface area (TPSA) is 12.4 Å². The Morgan fingerprint density at radius 1 is 1.56 bits per heavy atom. The first kappa shape index (κ1) is 5.89. The first-order valence-electron chi connectivity index (χ1n) is 3.27. The Labute approximate surface area is 68.4 Å². The summed E-state index contributed by atoms with van der Waals surface area (Å²) < 4.78 is 1.40. The Hall–Kier alpha value is 0.140. The molecule has 0 unspecified atom stereocenters. The van der Waals surface area contributed by atoms with Crippen molar-refractivity contribution in [3.05, 3.63) is 9.78 Å². The summed E-state index contributed by atoms with van der Waals surface area (Å²) in [6.45, 7) is 0. The lowest BCUT2D eigenvalue weighted by Gasteiger charge is -1.92. The fourth-order valence-corrected chi connectivity index (χ4v) is 1.61. The largest absolute Gasteiger partial charge is 0.264 e. The van der Waals surface area contributed by atoms with E-state index in [-0.39, 0.29) is 0 Å². The normalized spacial score (nSPS) is 25.9. The number of allylic oxidation sites excluding steroid dienone is 1. The molecule has 2 rings (SSSR count). The lowest BCUT2D eigenvalue weighted by molar-refractivity contribution is 1.15. The molecule has 0 saturated heterocycles. The average Bonchev–Trinajstić information content (AvgIpc) is 2.58. The molecule has 9 heavy (non-hydrogen) atoms. The monoisotopic (exact) mass is 233 g/mol. The number of halogens is 1. The summed E-state index contributed by atoms with van der Waals surface area (Å²) >= 11 is 2.35. The van der Waals surface area contributed by atoms with E-state index in [0.717, 1.165) is 12.3 Å². The maximum atomic E-state index is 4.33. The number of hydrogen-bond acceptors (Lipinski definition) is 1. The zero-order chi connectivity index (χ0) is 6.27. The average molecular weight is 233 g/mol. The lowest BCUT2D eigenvalue weighted by atomic mass is 10.2. The van der Waals surface area contributed by atoms with Gasteiger partial charge in [0.05, 0.1) is 0 Å². The molecule has 1 aliphatic carbocycles. The zero-order valence-electron chi connectivity index (χ0n) is 5.10. The number of aliphatic imine (C=N–C) groups is 1. The van der Waals surface area contributed by atoms with Crippen LogP contribution >= 0.6 is 22.6 Å². The molecule has 0 bridgehead atoms. The third kappa shape index (κ3) is 1.18. The second kappa shape index (κ2) is 2.08. The molecule has 1 nitrogen and oxygen atoms in total. The molecule has 1 heterocycles. The van der Waals surface area contributed by atoms with Crippen LogP contribution in [0.3, 0.4) is 0 Å². The highest BCUT2D eigenvalue weighted by Crippen LogP contribution is 2.36. The van der Waals surface area contributed by atoms with Crippen LogP contribution in [0.4, 0.5) is 0 Å². The van der Waals surface area contributed by atoms with Crippen molar-refractivity contribution in [2.24, 2.45) is 10.9 Å². The second-order valence-electron chi connectivity index (χ2n) is 2.65. The van der Waals surface area contributed by atoms with Gasteiger partial charge in [-0.1, -0.05) is 0 Å². The van der Waals surface area contributed by atoms with E-state index in [4.69, 9.17) is 0 Å². The standard InChI is InChI=1S/C7H8IN/c8-6-3-7(9-4-6)5-1-2-5/h4-5H,1-3H2. The third-order valence-corrected chi connectivity index (χ3v) is 2.43. The van der Waals surface area contributed by atoms with Crippen LogP contribution in [0, 0.1) is 5.92 Å². The molecule has 2 aliphatic rings. The van der Waals surface area contributed by atoms with Gasteiger partial charge in [0.2, 0.25) is 0 Å². The summed E-state index contributed by atoms with van der Waals surface area (Å²) in [7, 11) is 0. The van der Waals surface area contributed by atoms with Gasteiger partial charge >= 0.3 is 0 Å². The van der Waals surface area contributed by atoms with Crippen molar-refractivity contribution < 1.29 is 0 Å². The van der Waals surface area contributed by atoms with Crippen LogP contribution in [-0.2, 0) is 0 Å². The number of rotatable bonds is 1. The minimum atomic E-state index is 0.869. The number of nitrogens with zero attached hydrogens (tertiary/aromatic N) is 1. The summed E-state index contributed by atoms with van der Waals surface area (Å²) in [5.41, 5.74) is 1.43. The van der Waals surface area contributed by atoms with Crippen LogP contribution in [0.15, 0.2) is 14.8 Å². The first-order valence-corrected chi connectivity index (χ1v) is 4.35. The van der Waals surface area contributed by atoms with Crippen LogP contribution in [0.2, 0.25) is 0 Å². The predicted octanol–water partition coefficient (Wildman–Crippen LogP) is 2.52. The summed E-state index contributed by atoms with van der Waals surface area (Å²) in [5.74, 6) is 0.869. The van der Waals surface area contributed by atoms with Gasteiger partial charge in [-0.2, -0.15) is 0 Å². The minimum absolute atomic E-state index is 0.869. The zero-order valence-corrected chi connectivity index (χ0v) is 7.26. The molecular weight excluding hydrogens is 225 g/mol. The highest BCUT2D eigenvalue weighted by Gasteiger charge is 2.28. The van der Waals surface area contributed by atoms with Gasteiger partial charge in [-0.15, -0.1) is 0 Å². The van der Waals surface area contributed by atoms with Gasteiger partial charge < -0.3 is 0 Å². The van der Waals surface area contributed by atoms with E-state index in [0.29, 0.717) is 0 Å². The quantitative estimate of drug-likeness (QED) is 0.617. The van der Waals surface area contributed by atoms with Crippen LogP contribution in [0.25, 0.3) is 0 Å². The van der Waals surface area contributed by atoms with E-state index >= 15 is 0 Å². The van der Waals surface area contributed by atoms with Crippen molar-refractivity contribution in [1.29, 1.82) is 0 Å². The van der Waals surface area contributed by atoms with Crippen LogP contribution in [-0.4, -0.2) is 5.71 Å². The lowest BCUT2D eigenvalue weighted by Crippen LogP contribution is -1.94. The van der Waals surface area contributed by atoms with Gasteiger partial charge in [0.1, 0.15) is 0 Å². The van der Waals surface area contributed by atoms with Crippen molar-refractivity contribution in [2.75, 3.05) is 0 Å². The van der Waals surface area contributed by atoms with E-state index in [2.05, 4.69) is 27.6 Å². The summed E-state index contributed by atoms with van der Waals surface area (Å²) in [4.78, 5) is 4.33. The fourth-order valence-electron chi connectivity index (χ4n) is 1.08. The molecule has 48 valence electrons. The molecule has 0 radical (unpaired) electrons. The van der Waals surface area contributed by atoms with Crippen LogP contribution < -0.4 is 0 Å². The van der Waals surface area contributed by atoms with Crippen molar-refractivity contribution in [2.45, 2.75) is 19.3 Å². The third-order valence-electron chi connectivity index (χ3n) is 1.77. The SMILES string of the molecule is IC1=CN=C(C2CC2)C1. The minimum Gasteiger partial charge on any atom is -0.264 e. The Morgan fingerprint density at radius 2 is 2.33 bits per heavy atom. The molecule has 0 aromatic carbocycles. The predicted molar refractivity (Wildman–Crippen MR) is 46.9 cm³/mol. The molecule has 1 aliphatic heterocycles. The molecule has 0 aromatic heterocycles. The van der Waals surface area contributed by atoms with E-state index in [9.17, 15) is 0 Å². The molecule has 0 atom stereocenters. The summed E-state index contributed by atoms with van der Waals surface area (Å²) in [6.07, 6.45) is 5.91. The molecular formula is C7H8IN. The van der Waals surface area contributed by atoms with Crippen molar-refractivity contribution >= 4 is 28.3 Å². The van der Waals surface area contributed by atoms with Gasteiger partial charge in [0.15, 0.2) is 0 Å². The van der Waals surface area contributed by atoms with Gasteiger partial charge in [-0.05, 0) is 41.4 Å². The molecule has 1 fully saturated rings. The van der Waals surface area contributed by atoms with E-state index in [1.54, 1.807) is 0 Å².